The lowest BCUT2D eigenvalue weighted by atomic mass is 10.5. The highest BCUT2D eigenvalue weighted by Gasteiger charge is 1.91. The number of aryl methyl sites for hydroxylation is 1. The second kappa shape index (κ2) is 3.51. The summed E-state index contributed by atoms with van der Waals surface area (Å²) in [6.07, 6.45) is 4.04. The van der Waals surface area contributed by atoms with Gasteiger partial charge in [0, 0.05) is 12.1 Å². The zero-order chi connectivity index (χ0) is 6.53. The molecule has 1 aromatic heterocycles. The molecular weight excluding hydrogens is 130 g/mol. The van der Waals surface area contributed by atoms with Gasteiger partial charge in [-0.1, -0.05) is 18.7 Å². The number of nitrogens with zero attached hydrogens (tertiary/aromatic N) is 1. The van der Waals surface area contributed by atoms with Crippen LogP contribution < -0.4 is 4.57 Å². The van der Waals surface area contributed by atoms with E-state index in [9.17, 15) is 0 Å². The quantitative estimate of drug-likeness (QED) is 0.541. The first kappa shape index (κ1) is 6.62. The van der Waals surface area contributed by atoms with Crippen molar-refractivity contribution in [1.82, 2.24) is 0 Å². The summed E-state index contributed by atoms with van der Waals surface area (Å²) in [6, 6.07) is 6.01. The lowest BCUT2D eigenvalue weighted by molar-refractivity contribution is -0.692. The first-order chi connectivity index (χ1) is 4.43. The van der Waals surface area contributed by atoms with Gasteiger partial charge >= 0.3 is 0 Å². The third-order valence-corrected chi connectivity index (χ3v) is 1.31. The zero-order valence-corrected chi connectivity index (χ0v) is 5.97. The third kappa shape index (κ3) is 2.06. The second-order valence-corrected chi connectivity index (χ2v) is 2.23. The van der Waals surface area contributed by atoms with Gasteiger partial charge in [-0.3, -0.25) is 0 Å². The molecule has 1 rings (SSSR count). The van der Waals surface area contributed by atoms with Gasteiger partial charge in [-0.05, 0) is 0 Å². The van der Waals surface area contributed by atoms with Crippen LogP contribution in [0.1, 0.15) is 0 Å². The molecule has 1 aromatic rings. The van der Waals surface area contributed by atoms with Gasteiger partial charge in [0.05, 0.1) is 5.75 Å². The molecule has 2 heteroatoms. The molecule has 0 amide bonds. The van der Waals surface area contributed by atoms with E-state index >= 15 is 0 Å². The molecule has 1 nitrogen and oxygen atoms in total. The van der Waals surface area contributed by atoms with Crippen LogP contribution in [-0.4, -0.2) is 5.75 Å². The Morgan fingerprint density at radius 2 is 1.78 bits per heavy atom. The molecule has 1 radical (unpaired) electrons. The first-order valence-electron chi connectivity index (χ1n) is 2.95. The Balaban J connectivity index is 2.61. The number of hydrogen-bond acceptors (Lipinski definition) is 0. The summed E-state index contributed by atoms with van der Waals surface area (Å²) in [5.74, 6) is 0.786. The standard InChI is InChI=1S/C7H9NS/c9-7-6-8-4-2-1-3-5-8/h1-5H,6-7H2/q+1. The molecule has 0 aliphatic heterocycles. The normalized spacial score (nSPS) is 9.44. The van der Waals surface area contributed by atoms with E-state index in [0.717, 1.165) is 12.3 Å². The first-order valence-corrected chi connectivity index (χ1v) is 3.53. The summed E-state index contributed by atoms with van der Waals surface area (Å²) in [4.78, 5) is 0. The van der Waals surface area contributed by atoms with Crippen molar-refractivity contribution < 1.29 is 4.57 Å². The smallest absolute Gasteiger partial charge is 0.168 e. The van der Waals surface area contributed by atoms with Crippen molar-refractivity contribution in [2.45, 2.75) is 6.54 Å². The van der Waals surface area contributed by atoms with Gasteiger partial charge in [0.15, 0.2) is 18.9 Å². The van der Waals surface area contributed by atoms with E-state index in [-0.39, 0.29) is 0 Å². The van der Waals surface area contributed by atoms with Crippen LogP contribution in [0.3, 0.4) is 0 Å². The molecule has 0 atom stereocenters. The molecule has 0 N–H and O–H groups in total. The van der Waals surface area contributed by atoms with E-state index < -0.39 is 0 Å². The summed E-state index contributed by atoms with van der Waals surface area (Å²) in [7, 11) is 0. The van der Waals surface area contributed by atoms with E-state index in [1.54, 1.807) is 0 Å². The molecule has 1 heterocycles. The third-order valence-electron chi connectivity index (χ3n) is 1.13. The lowest BCUT2D eigenvalue weighted by Crippen LogP contribution is -2.32. The average molecular weight is 139 g/mol. The van der Waals surface area contributed by atoms with Gasteiger partial charge < -0.3 is 0 Å². The summed E-state index contributed by atoms with van der Waals surface area (Å²) in [6.45, 7) is 0.941. The van der Waals surface area contributed by atoms with E-state index in [4.69, 9.17) is 12.6 Å². The Bertz CT molecular complexity index is 162. The van der Waals surface area contributed by atoms with Crippen LogP contribution >= 0.6 is 12.6 Å². The van der Waals surface area contributed by atoms with Gasteiger partial charge in [-0.2, -0.15) is 0 Å². The van der Waals surface area contributed by atoms with Gasteiger partial charge in [0.25, 0.3) is 0 Å². The molecule has 0 aliphatic carbocycles. The van der Waals surface area contributed by atoms with Crippen LogP contribution in [0.4, 0.5) is 0 Å². The van der Waals surface area contributed by atoms with Gasteiger partial charge in [-0.25, -0.2) is 4.57 Å². The Morgan fingerprint density at radius 3 is 2.33 bits per heavy atom. The fraction of sp³-hybridized carbons (Fsp3) is 0.286. The minimum absolute atomic E-state index is 0.786. The highest BCUT2D eigenvalue weighted by molar-refractivity contribution is 7.80. The Labute approximate surface area is 60.7 Å². The van der Waals surface area contributed by atoms with Crippen molar-refractivity contribution in [3.8, 4) is 0 Å². The predicted octanol–water partition coefficient (Wildman–Crippen LogP) is 1.17. The van der Waals surface area contributed by atoms with Crippen LogP contribution in [0.2, 0.25) is 0 Å². The second-order valence-electron chi connectivity index (χ2n) is 1.82. The molecule has 47 valence electrons. The highest BCUT2D eigenvalue weighted by atomic mass is 32.1. The van der Waals surface area contributed by atoms with E-state index in [0.29, 0.717) is 0 Å². The van der Waals surface area contributed by atoms with Gasteiger partial charge in [0.2, 0.25) is 0 Å². The maximum absolute atomic E-state index is 4.81. The van der Waals surface area contributed by atoms with Crippen molar-refractivity contribution >= 4 is 12.6 Å². The van der Waals surface area contributed by atoms with Crippen LogP contribution in [0.5, 0.6) is 0 Å². The topological polar surface area (TPSA) is 3.88 Å². The van der Waals surface area contributed by atoms with E-state index in [2.05, 4.69) is 4.57 Å². The van der Waals surface area contributed by atoms with E-state index in [1.165, 1.54) is 0 Å². The minimum Gasteiger partial charge on any atom is -0.204 e. The summed E-state index contributed by atoms with van der Waals surface area (Å²) < 4.78 is 2.08. The summed E-state index contributed by atoms with van der Waals surface area (Å²) >= 11 is 4.81. The molecule has 0 fully saturated rings. The zero-order valence-electron chi connectivity index (χ0n) is 5.16. The Morgan fingerprint density at radius 1 is 1.11 bits per heavy atom. The molecule has 0 spiro atoms. The van der Waals surface area contributed by atoms with Crippen LogP contribution in [0.15, 0.2) is 30.6 Å². The number of aromatic nitrogens is 1. The van der Waals surface area contributed by atoms with Gasteiger partial charge in [-0.15, -0.1) is 0 Å². The van der Waals surface area contributed by atoms with Crippen molar-refractivity contribution in [3.63, 3.8) is 0 Å². The highest BCUT2D eigenvalue weighted by Crippen LogP contribution is 1.77. The largest absolute Gasteiger partial charge is 0.204 e. The van der Waals surface area contributed by atoms with Crippen molar-refractivity contribution in [2.24, 2.45) is 0 Å². The van der Waals surface area contributed by atoms with Gasteiger partial charge in [0.1, 0.15) is 0 Å². The SMILES string of the molecule is [S]CC[n+]1ccccc1. The summed E-state index contributed by atoms with van der Waals surface area (Å²) in [5, 5.41) is 0. The Kier molecular flexibility index (Phi) is 2.58. The fourth-order valence-corrected chi connectivity index (χ4v) is 0.900. The number of pyridine rings is 1. The molecule has 0 aliphatic rings. The van der Waals surface area contributed by atoms with Crippen LogP contribution in [0, 0.1) is 0 Å². The maximum Gasteiger partial charge on any atom is 0.168 e. The monoisotopic (exact) mass is 139 g/mol. The van der Waals surface area contributed by atoms with Crippen molar-refractivity contribution in [2.75, 3.05) is 5.75 Å². The maximum atomic E-state index is 4.81. The number of hydrogen-bond donors (Lipinski definition) is 0. The van der Waals surface area contributed by atoms with Crippen molar-refractivity contribution in [1.29, 1.82) is 0 Å². The summed E-state index contributed by atoms with van der Waals surface area (Å²) in [5.41, 5.74) is 0. The van der Waals surface area contributed by atoms with Crippen LogP contribution in [-0.2, 0) is 6.54 Å². The minimum atomic E-state index is 0.786. The average Bonchev–Trinajstić information content (AvgIpc) is 1.91. The molecule has 0 bridgehead atoms. The van der Waals surface area contributed by atoms with Crippen LogP contribution in [0.25, 0.3) is 0 Å². The lowest BCUT2D eigenvalue weighted by Gasteiger charge is -1.88. The molecule has 9 heavy (non-hydrogen) atoms. The molecule has 0 aromatic carbocycles. The molecule has 0 saturated carbocycles. The van der Waals surface area contributed by atoms with E-state index in [1.807, 2.05) is 30.6 Å². The van der Waals surface area contributed by atoms with Crippen molar-refractivity contribution in [3.05, 3.63) is 30.6 Å². The molecule has 0 unspecified atom stereocenters. The Hall–Kier alpha value is -0.500. The number of rotatable bonds is 2. The predicted molar refractivity (Wildman–Crippen MR) is 39.1 cm³/mol. The molecule has 0 saturated heterocycles. The fourth-order valence-electron chi connectivity index (χ4n) is 0.689. The molecular formula is C7H9NS+.